The molecule has 0 heterocycles. The van der Waals surface area contributed by atoms with Gasteiger partial charge in [-0.25, -0.2) is 0 Å². The summed E-state index contributed by atoms with van der Waals surface area (Å²) in [4.78, 5) is 11.7. The van der Waals surface area contributed by atoms with E-state index in [9.17, 15) is 15.0 Å². The number of unbranched alkanes of at least 4 members (excludes halogenated alkanes) is 12. The average molecular weight is 473 g/mol. The van der Waals surface area contributed by atoms with Gasteiger partial charge in [-0.15, -0.1) is 0 Å². The lowest BCUT2D eigenvalue weighted by Gasteiger charge is -2.26. The monoisotopic (exact) mass is 472 g/mol. The second kappa shape index (κ2) is 20.7. The van der Waals surface area contributed by atoms with Crippen molar-refractivity contribution >= 4 is 5.97 Å². The highest BCUT2D eigenvalue weighted by atomic mass is 16.6. The van der Waals surface area contributed by atoms with Crippen molar-refractivity contribution in [2.75, 3.05) is 13.2 Å². The van der Waals surface area contributed by atoms with E-state index in [-0.39, 0.29) is 18.5 Å². The Morgan fingerprint density at radius 3 is 1.82 bits per heavy atom. The largest absolute Gasteiger partial charge is 0.460 e. The summed E-state index contributed by atoms with van der Waals surface area (Å²) in [7, 11) is 0. The van der Waals surface area contributed by atoms with Crippen molar-refractivity contribution < 1.29 is 24.5 Å². The standard InChI is InChI=1S/C28H56O5/c1-6-7-8-9-10-11-12-13-14-15-16-17-20-24(2)27(31)25(23-29)32-22-19-18-21-26(30)33-28(3,4)5/h24-25,27,29,31H,6-23H2,1-5H3/t24?,25-,27?/m0/s1. The van der Waals surface area contributed by atoms with Gasteiger partial charge < -0.3 is 19.7 Å². The van der Waals surface area contributed by atoms with Crippen LogP contribution in [-0.2, 0) is 14.3 Å². The van der Waals surface area contributed by atoms with Crippen LogP contribution in [0.15, 0.2) is 0 Å². The molecule has 0 aliphatic heterocycles. The van der Waals surface area contributed by atoms with Gasteiger partial charge in [-0.05, 0) is 46.0 Å². The van der Waals surface area contributed by atoms with Crippen LogP contribution in [0.3, 0.4) is 0 Å². The second-order valence-electron chi connectivity index (χ2n) is 10.8. The summed E-state index contributed by atoms with van der Waals surface area (Å²) in [6, 6.07) is 0. The minimum Gasteiger partial charge on any atom is -0.460 e. The number of aliphatic hydroxyl groups is 2. The van der Waals surface area contributed by atoms with Gasteiger partial charge in [-0.1, -0.05) is 90.9 Å². The highest BCUT2D eigenvalue weighted by molar-refractivity contribution is 5.69. The quantitative estimate of drug-likeness (QED) is 0.131. The van der Waals surface area contributed by atoms with Crippen molar-refractivity contribution in [2.45, 2.75) is 155 Å². The molecular weight excluding hydrogens is 416 g/mol. The van der Waals surface area contributed by atoms with Crippen LogP contribution in [0.25, 0.3) is 0 Å². The summed E-state index contributed by atoms with van der Waals surface area (Å²) in [5.74, 6) is -0.0932. The first-order valence-electron chi connectivity index (χ1n) is 13.8. The number of hydrogen-bond donors (Lipinski definition) is 2. The maximum atomic E-state index is 11.7. The van der Waals surface area contributed by atoms with Gasteiger partial charge in [-0.2, -0.15) is 0 Å². The summed E-state index contributed by atoms with van der Waals surface area (Å²) in [6.07, 6.45) is 17.4. The first-order chi connectivity index (χ1) is 15.7. The molecule has 0 fully saturated rings. The maximum Gasteiger partial charge on any atom is 0.306 e. The number of carbonyl (C=O) groups excluding carboxylic acids is 1. The highest BCUT2D eigenvalue weighted by Crippen LogP contribution is 2.19. The third-order valence-corrected chi connectivity index (χ3v) is 6.18. The Labute approximate surface area is 205 Å². The number of ether oxygens (including phenoxy) is 2. The molecule has 0 spiro atoms. The Bertz CT molecular complexity index is 446. The molecule has 0 aromatic rings. The number of rotatable bonds is 22. The molecule has 0 bridgehead atoms. The third-order valence-electron chi connectivity index (χ3n) is 6.18. The smallest absolute Gasteiger partial charge is 0.306 e. The Balaban J connectivity index is 3.75. The molecule has 0 rings (SSSR count). The number of hydrogen-bond acceptors (Lipinski definition) is 5. The van der Waals surface area contributed by atoms with Crippen molar-refractivity contribution in [3.05, 3.63) is 0 Å². The van der Waals surface area contributed by atoms with Crippen LogP contribution < -0.4 is 0 Å². The van der Waals surface area contributed by atoms with Gasteiger partial charge in [-0.3, -0.25) is 4.79 Å². The van der Waals surface area contributed by atoms with E-state index in [1.54, 1.807) is 0 Å². The molecule has 0 saturated carbocycles. The van der Waals surface area contributed by atoms with Gasteiger partial charge in [0.05, 0.1) is 12.7 Å². The Kier molecular flexibility index (Phi) is 20.3. The van der Waals surface area contributed by atoms with Gasteiger partial charge in [0.1, 0.15) is 11.7 Å². The first kappa shape index (κ1) is 32.4. The third kappa shape index (κ3) is 20.4. The zero-order valence-electron chi connectivity index (χ0n) is 22.6. The molecular formula is C28H56O5. The minimum absolute atomic E-state index is 0.104. The molecule has 33 heavy (non-hydrogen) atoms. The van der Waals surface area contributed by atoms with Gasteiger partial charge in [0.15, 0.2) is 0 Å². The van der Waals surface area contributed by atoms with Gasteiger partial charge in [0.25, 0.3) is 0 Å². The summed E-state index contributed by atoms with van der Waals surface area (Å²) in [6.45, 7) is 10.1. The Morgan fingerprint density at radius 2 is 1.33 bits per heavy atom. The van der Waals surface area contributed by atoms with E-state index in [2.05, 4.69) is 6.92 Å². The van der Waals surface area contributed by atoms with E-state index in [1.807, 2.05) is 27.7 Å². The number of carbonyl (C=O) groups is 1. The molecule has 0 amide bonds. The van der Waals surface area contributed by atoms with Crippen LogP contribution in [0.5, 0.6) is 0 Å². The fraction of sp³-hybridized carbons (Fsp3) is 0.964. The van der Waals surface area contributed by atoms with E-state index in [4.69, 9.17) is 9.47 Å². The van der Waals surface area contributed by atoms with Crippen LogP contribution in [0.2, 0.25) is 0 Å². The van der Waals surface area contributed by atoms with Crippen LogP contribution in [0.1, 0.15) is 137 Å². The summed E-state index contributed by atoms with van der Waals surface area (Å²) < 4.78 is 11.0. The molecule has 0 aliphatic carbocycles. The van der Waals surface area contributed by atoms with E-state index < -0.39 is 17.8 Å². The van der Waals surface area contributed by atoms with Crippen LogP contribution >= 0.6 is 0 Å². The SMILES string of the molecule is CCCCCCCCCCCCCCC(C)C(O)[C@H](CO)OCCCCC(=O)OC(C)(C)C. The van der Waals surface area contributed by atoms with Crippen molar-refractivity contribution in [3.63, 3.8) is 0 Å². The molecule has 198 valence electrons. The van der Waals surface area contributed by atoms with Crippen LogP contribution in [-0.4, -0.2) is 47.2 Å². The molecule has 0 aromatic carbocycles. The van der Waals surface area contributed by atoms with Crippen molar-refractivity contribution in [1.82, 2.24) is 0 Å². The normalized spacial score (nSPS) is 14.8. The summed E-state index contributed by atoms with van der Waals surface area (Å²) in [5, 5.41) is 20.2. The maximum absolute atomic E-state index is 11.7. The zero-order chi connectivity index (χ0) is 25.0. The van der Waals surface area contributed by atoms with E-state index >= 15 is 0 Å². The Morgan fingerprint density at radius 1 is 0.818 bits per heavy atom. The minimum atomic E-state index is -0.659. The van der Waals surface area contributed by atoms with E-state index in [0.717, 1.165) is 12.8 Å². The Hall–Kier alpha value is -0.650. The van der Waals surface area contributed by atoms with Crippen molar-refractivity contribution in [1.29, 1.82) is 0 Å². The molecule has 3 atom stereocenters. The number of esters is 1. The molecule has 5 heteroatoms. The predicted octanol–water partition coefficient (Wildman–Crippen LogP) is 6.96. The van der Waals surface area contributed by atoms with E-state index in [0.29, 0.717) is 25.9 Å². The topological polar surface area (TPSA) is 76.0 Å². The predicted molar refractivity (Wildman–Crippen MR) is 137 cm³/mol. The van der Waals surface area contributed by atoms with Gasteiger partial charge in [0.2, 0.25) is 0 Å². The lowest BCUT2D eigenvalue weighted by Crippen LogP contribution is -2.37. The molecule has 2 unspecified atom stereocenters. The summed E-state index contributed by atoms with van der Waals surface area (Å²) in [5.41, 5.74) is -0.455. The van der Waals surface area contributed by atoms with Crippen LogP contribution in [0, 0.1) is 5.92 Å². The fourth-order valence-corrected chi connectivity index (χ4v) is 4.10. The fourth-order valence-electron chi connectivity index (χ4n) is 4.10. The lowest BCUT2D eigenvalue weighted by atomic mass is 9.93. The van der Waals surface area contributed by atoms with Crippen LogP contribution in [0.4, 0.5) is 0 Å². The molecule has 0 aromatic heterocycles. The molecule has 2 N–H and O–H groups in total. The van der Waals surface area contributed by atoms with Crippen molar-refractivity contribution in [3.8, 4) is 0 Å². The average Bonchev–Trinajstić information content (AvgIpc) is 2.75. The molecule has 0 aliphatic rings. The second-order valence-corrected chi connectivity index (χ2v) is 10.8. The van der Waals surface area contributed by atoms with Gasteiger partial charge in [0, 0.05) is 13.0 Å². The molecule has 0 saturated heterocycles. The number of aliphatic hydroxyl groups excluding tert-OH is 2. The zero-order valence-corrected chi connectivity index (χ0v) is 22.6. The molecule has 5 nitrogen and oxygen atoms in total. The van der Waals surface area contributed by atoms with E-state index in [1.165, 1.54) is 70.6 Å². The highest BCUT2D eigenvalue weighted by Gasteiger charge is 2.24. The van der Waals surface area contributed by atoms with Gasteiger partial charge >= 0.3 is 5.97 Å². The summed E-state index contributed by atoms with van der Waals surface area (Å²) >= 11 is 0. The lowest BCUT2D eigenvalue weighted by molar-refractivity contribution is -0.155. The first-order valence-corrected chi connectivity index (χ1v) is 13.8. The molecule has 0 radical (unpaired) electrons. The van der Waals surface area contributed by atoms with Crippen molar-refractivity contribution in [2.24, 2.45) is 5.92 Å².